The first-order valence-corrected chi connectivity index (χ1v) is 8.44. The highest BCUT2D eigenvalue weighted by Crippen LogP contribution is 2.26. The molecular formula is C10H12O5S2. The van der Waals surface area contributed by atoms with Crippen molar-refractivity contribution < 1.29 is 21.0 Å². The number of hydrogen-bond donors (Lipinski definition) is 0. The van der Waals surface area contributed by atoms with Crippen LogP contribution in [-0.2, 0) is 37.2 Å². The summed E-state index contributed by atoms with van der Waals surface area (Å²) in [4.78, 5) is 0.348. The number of sulfone groups is 1. The van der Waals surface area contributed by atoms with Crippen LogP contribution in [0.4, 0.5) is 0 Å². The highest BCUT2D eigenvalue weighted by molar-refractivity contribution is 7.91. The molecular weight excluding hydrogens is 264 g/mol. The maximum atomic E-state index is 11.6. The van der Waals surface area contributed by atoms with E-state index in [1.165, 1.54) is 6.07 Å². The summed E-state index contributed by atoms with van der Waals surface area (Å²) < 4.78 is 49.4. The maximum Gasteiger partial charge on any atom is 0.264 e. The van der Waals surface area contributed by atoms with Crippen molar-refractivity contribution in [3.8, 4) is 0 Å². The van der Waals surface area contributed by atoms with E-state index >= 15 is 0 Å². The van der Waals surface area contributed by atoms with Gasteiger partial charge >= 0.3 is 0 Å². The smallest absolute Gasteiger partial charge is 0.264 e. The molecule has 5 nitrogen and oxygen atoms in total. The molecule has 0 aromatic heterocycles. The van der Waals surface area contributed by atoms with Gasteiger partial charge in [-0.2, -0.15) is 8.42 Å². The monoisotopic (exact) mass is 276 g/mol. The van der Waals surface area contributed by atoms with Gasteiger partial charge in [0.1, 0.15) is 0 Å². The fourth-order valence-corrected chi connectivity index (χ4v) is 3.65. The molecule has 1 aliphatic rings. The normalized spacial score (nSPS) is 17.9. The minimum atomic E-state index is -3.48. The van der Waals surface area contributed by atoms with E-state index in [1.54, 1.807) is 12.1 Å². The molecule has 0 spiro atoms. The molecule has 0 saturated heterocycles. The molecule has 0 fully saturated rings. The maximum absolute atomic E-state index is 11.6. The van der Waals surface area contributed by atoms with Crippen LogP contribution in [0.3, 0.4) is 0 Å². The van der Waals surface area contributed by atoms with Crippen LogP contribution >= 0.6 is 0 Å². The van der Waals surface area contributed by atoms with Gasteiger partial charge in [0, 0.05) is 0 Å². The molecule has 94 valence electrons. The van der Waals surface area contributed by atoms with Crippen molar-refractivity contribution in [2.24, 2.45) is 0 Å². The SMILES string of the molecule is CS(=O)(=O)OCc1ccc2c(c1)CCS2(=O)=O. The van der Waals surface area contributed by atoms with Crippen molar-refractivity contribution in [3.63, 3.8) is 0 Å². The van der Waals surface area contributed by atoms with Crippen LogP contribution in [0.2, 0.25) is 0 Å². The molecule has 0 radical (unpaired) electrons. The van der Waals surface area contributed by atoms with Crippen molar-refractivity contribution in [3.05, 3.63) is 29.3 Å². The van der Waals surface area contributed by atoms with Crippen molar-refractivity contribution in [2.75, 3.05) is 12.0 Å². The second kappa shape index (κ2) is 4.08. The molecule has 0 aliphatic carbocycles. The molecule has 1 aromatic carbocycles. The number of rotatable bonds is 3. The summed E-state index contributed by atoms with van der Waals surface area (Å²) in [6.45, 7) is -0.0633. The van der Waals surface area contributed by atoms with Gasteiger partial charge in [-0.25, -0.2) is 8.42 Å². The number of hydrogen-bond acceptors (Lipinski definition) is 5. The standard InChI is InChI=1S/C10H12O5S2/c1-16(11,12)15-7-8-2-3-10-9(6-8)4-5-17(10,13)14/h2-3,6H,4-5,7H2,1H3. The molecule has 0 unspecified atom stereocenters. The van der Waals surface area contributed by atoms with Gasteiger partial charge in [0.15, 0.2) is 9.84 Å². The van der Waals surface area contributed by atoms with E-state index in [0.29, 0.717) is 16.9 Å². The summed E-state index contributed by atoms with van der Waals surface area (Å²) in [6, 6.07) is 4.77. The van der Waals surface area contributed by atoms with Gasteiger partial charge in [-0.15, -0.1) is 0 Å². The van der Waals surface area contributed by atoms with Gasteiger partial charge in [0.25, 0.3) is 10.1 Å². The quantitative estimate of drug-likeness (QED) is 0.751. The highest BCUT2D eigenvalue weighted by atomic mass is 32.2. The topological polar surface area (TPSA) is 77.5 Å². The Labute approximate surface area is 100 Å². The first-order chi connectivity index (χ1) is 7.78. The second-order valence-electron chi connectivity index (χ2n) is 3.98. The lowest BCUT2D eigenvalue weighted by Crippen LogP contribution is -2.03. The Morgan fingerprint density at radius 3 is 2.71 bits per heavy atom. The van der Waals surface area contributed by atoms with E-state index in [2.05, 4.69) is 4.18 Å². The van der Waals surface area contributed by atoms with Crippen molar-refractivity contribution in [2.45, 2.75) is 17.9 Å². The molecule has 7 heteroatoms. The van der Waals surface area contributed by atoms with Crippen LogP contribution in [-0.4, -0.2) is 28.8 Å². The van der Waals surface area contributed by atoms with E-state index in [4.69, 9.17) is 0 Å². The number of aryl methyl sites for hydroxylation is 1. The van der Waals surface area contributed by atoms with Crippen LogP contribution in [0.25, 0.3) is 0 Å². The average Bonchev–Trinajstić information content (AvgIpc) is 2.51. The van der Waals surface area contributed by atoms with Crippen LogP contribution < -0.4 is 0 Å². The highest BCUT2D eigenvalue weighted by Gasteiger charge is 2.25. The Morgan fingerprint density at radius 1 is 1.35 bits per heavy atom. The van der Waals surface area contributed by atoms with E-state index in [9.17, 15) is 16.8 Å². The minimum Gasteiger partial charge on any atom is -0.265 e. The zero-order valence-electron chi connectivity index (χ0n) is 9.21. The van der Waals surface area contributed by atoms with Gasteiger partial charge in [-0.05, 0) is 23.6 Å². The third-order valence-electron chi connectivity index (χ3n) is 2.54. The minimum absolute atomic E-state index is 0.0633. The van der Waals surface area contributed by atoms with Crippen molar-refractivity contribution >= 4 is 20.0 Å². The van der Waals surface area contributed by atoms with E-state index in [0.717, 1.165) is 11.8 Å². The molecule has 0 amide bonds. The van der Waals surface area contributed by atoms with Gasteiger partial charge in [-0.3, -0.25) is 4.18 Å². The largest absolute Gasteiger partial charge is 0.265 e. The Morgan fingerprint density at radius 2 is 2.06 bits per heavy atom. The third kappa shape index (κ3) is 2.85. The van der Waals surface area contributed by atoms with Gasteiger partial charge in [0.2, 0.25) is 0 Å². The van der Waals surface area contributed by atoms with Crippen molar-refractivity contribution in [1.82, 2.24) is 0 Å². The molecule has 17 heavy (non-hydrogen) atoms. The average molecular weight is 276 g/mol. The predicted molar refractivity (Wildman–Crippen MR) is 61.8 cm³/mol. The van der Waals surface area contributed by atoms with E-state index < -0.39 is 20.0 Å². The summed E-state index contributed by atoms with van der Waals surface area (Å²) in [5.74, 6) is 0.124. The van der Waals surface area contributed by atoms with E-state index in [-0.39, 0.29) is 12.4 Å². The second-order valence-corrected chi connectivity index (χ2v) is 7.70. The Bertz CT molecular complexity index is 643. The van der Waals surface area contributed by atoms with Crippen LogP contribution in [0.15, 0.2) is 23.1 Å². The van der Waals surface area contributed by atoms with E-state index in [1.807, 2.05) is 0 Å². The van der Waals surface area contributed by atoms with Gasteiger partial charge in [-0.1, -0.05) is 12.1 Å². The number of fused-ring (bicyclic) bond motifs is 1. The van der Waals surface area contributed by atoms with Crippen molar-refractivity contribution in [1.29, 1.82) is 0 Å². The summed E-state index contributed by atoms with van der Waals surface area (Å²) in [5, 5.41) is 0. The lowest BCUT2D eigenvalue weighted by molar-refractivity contribution is 0.311. The van der Waals surface area contributed by atoms with Gasteiger partial charge < -0.3 is 0 Å². The molecule has 0 bridgehead atoms. The predicted octanol–water partition coefficient (Wildman–Crippen LogP) is 0.493. The molecule has 1 heterocycles. The molecule has 0 saturated carbocycles. The lowest BCUT2D eigenvalue weighted by atomic mass is 10.1. The summed E-state index contributed by atoms with van der Waals surface area (Å²) in [6.07, 6.45) is 1.45. The molecule has 1 aliphatic heterocycles. The third-order valence-corrected chi connectivity index (χ3v) is 4.90. The molecule has 2 rings (SSSR count). The summed E-state index contributed by atoms with van der Waals surface area (Å²) in [5.41, 5.74) is 1.39. The first-order valence-electron chi connectivity index (χ1n) is 4.97. The Kier molecular flexibility index (Phi) is 3.01. The zero-order chi connectivity index (χ0) is 12.7. The number of benzene rings is 1. The molecule has 1 aromatic rings. The first kappa shape index (κ1) is 12.5. The summed E-state index contributed by atoms with van der Waals surface area (Å²) >= 11 is 0. The molecule has 0 atom stereocenters. The van der Waals surface area contributed by atoms with Crippen LogP contribution in [0, 0.1) is 0 Å². The Balaban J connectivity index is 2.25. The van der Waals surface area contributed by atoms with Gasteiger partial charge in [0.05, 0.1) is 23.5 Å². The van der Waals surface area contributed by atoms with Crippen LogP contribution in [0.5, 0.6) is 0 Å². The van der Waals surface area contributed by atoms with Crippen LogP contribution in [0.1, 0.15) is 11.1 Å². The summed E-state index contributed by atoms with van der Waals surface area (Å²) in [7, 11) is -6.60. The fraction of sp³-hybridized carbons (Fsp3) is 0.400. The fourth-order valence-electron chi connectivity index (χ4n) is 1.75. The Hall–Kier alpha value is -0.920. The molecule has 0 N–H and O–H groups in total. The lowest BCUT2D eigenvalue weighted by Gasteiger charge is -2.04. The zero-order valence-corrected chi connectivity index (χ0v) is 10.8.